The molecule has 0 fully saturated rings. The predicted molar refractivity (Wildman–Crippen MR) is 41.9 cm³/mol. The number of aldehydes is 2. The van der Waals surface area contributed by atoms with Crippen molar-refractivity contribution >= 4 is 12.6 Å². The van der Waals surface area contributed by atoms with Gasteiger partial charge in [-0.2, -0.15) is 5.26 Å². The van der Waals surface area contributed by atoms with Crippen LogP contribution in [0.4, 0.5) is 4.39 Å². The smallest absolute Gasteiger partial charge is 0.153 e. The Hall–Kier alpha value is -2.02. The molecule has 3 nitrogen and oxygen atoms in total. The van der Waals surface area contributed by atoms with Gasteiger partial charge in [0.1, 0.15) is 5.82 Å². The van der Waals surface area contributed by atoms with Gasteiger partial charge in [0.2, 0.25) is 0 Å². The minimum absolute atomic E-state index is 0.0885. The molecule has 0 saturated carbocycles. The monoisotopic (exact) mass is 177 g/mol. The van der Waals surface area contributed by atoms with Gasteiger partial charge in [0, 0.05) is 0 Å². The molecule has 4 heteroatoms. The van der Waals surface area contributed by atoms with Gasteiger partial charge in [-0.15, -0.1) is 0 Å². The summed E-state index contributed by atoms with van der Waals surface area (Å²) in [6.45, 7) is 0. The molecular formula is C9H4FNO2. The van der Waals surface area contributed by atoms with Crippen molar-refractivity contribution < 1.29 is 14.0 Å². The van der Waals surface area contributed by atoms with E-state index < -0.39 is 5.82 Å². The zero-order chi connectivity index (χ0) is 9.84. The molecule has 0 atom stereocenters. The molecule has 0 radical (unpaired) electrons. The minimum atomic E-state index is -0.885. The summed E-state index contributed by atoms with van der Waals surface area (Å²) in [5, 5.41) is 8.46. The lowest BCUT2D eigenvalue weighted by Crippen LogP contribution is -1.96. The van der Waals surface area contributed by atoms with E-state index in [9.17, 15) is 14.0 Å². The average Bonchev–Trinajstić information content (AvgIpc) is 2.18. The van der Waals surface area contributed by atoms with Gasteiger partial charge in [-0.3, -0.25) is 9.59 Å². The normalized spacial score (nSPS) is 8.92. The first kappa shape index (κ1) is 9.07. The molecule has 0 amide bonds. The second-order valence-corrected chi connectivity index (χ2v) is 2.32. The highest BCUT2D eigenvalue weighted by molar-refractivity contribution is 5.83. The Morgan fingerprint density at radius 3 is 2.00 bits per heavy atom. The lowest BCUT2D eigenvalue weighted by atomic mass is 10.1. The zero-order valence-corrected chi connectivity index (χ0v) is 6.45. The summed E-state index contributed by atoms with van der Waals surface area (Å²) in [6, 6.07) is 3.90. The maximum absolute atomic E-state index is 13.0. The summed E-state index contributed by atoms with van der Waals surface area (Å²) in [5.41, 5.74) is -0.465. The van der Waals surface area contributed by atoms with E-state index in [-0.39, 0.29) is 29.3 Å². The van der Waals surface area contributed by atoms with E-state index >= 15 is 0 Å². The summed E-state index contributed by atoms with van der Waals surface area (Å²) in [7, 11) is 0. The predicted octanol–water partition coefficient (Wildman–Crippen LogP) is 1.32. The first-order chi connectivity index (χ1) is 6.22. The lowest BCUT2D eigenvalue weighted by Gasteiger charge is -1.98. The number of nitrogens with zero attached hydrogens (tertiary/aromatic N) is 1. The number of carbonyl (C=O) groups excluding carboxylic acids is 2. The number of benzene rings is 1. The Kier molecular flexibility index (Phi) is 2.50. The Morgan fingerprint density at radius 1 is 1.23 bits per heavy atom. The Bertz CT molecular complexity index is 378. The number of halogens is 1. The van der Waals surface area contributed by atoms with Crippen LogP contribution in [0.2, 0.25) is 0 Å². The highest BCUT2D eigenvalue weighted by Gasteiger charge is 2.09. The van der Waals surface area contributed by atoms with Crippen molar-refractivity contribution in [3.63, 3.8) is 0 Å². The van der Waals surface area contributed by atoms with Crippen LogP contribution < -0.4 is 0 Å². The van der Waals surface area contributed by atoms with E-state index in [1.54, 1.807) is 6.07 Å². The lowest BCUT2D eigenvalue weighted by molar-refractivity contribution is 0.111. The summed E-state index contributed by atoms with van der Waals surface area (Å²) in [4.78, 5) is 20.6. The van der Waals surface area contributed by atoms with Crippen LogP contribution in [0.5, 0.6) is 0 Å². The molecule has 0 aromatic heterocycles. The highest BCUT2D eigenvalue weighted by atomic mass is 19.1. The van der Waals surface area contributed by atoms with Crippen LogP contribution in [-0.4, -0.2) is 12.6 Å². The summed E-state index contributed by atoms with van der Waals surface area (Å²) < 4.78 is 13.0. The molecule has 13 heavy (non-hydrogen) atoms. The van der Waals surface area contributed by atoms with E-state index in [0.717, 1.165) is 12.1 Å². The van der Waals surface area contributed by atoms with E-state index in [2.05, 4.69) is 0 Å². The number of rotatable bonds is 2. The van der Waals surface area contributed by atoms with Crippen molar-refractivity contribution in [3.05, 3.63) is 34.6 Å². The van der Waals surface area contributed by atoms with Crippen molar-refractivity contribution in [3.8, 4) is 6.07 Å². The quantitative estimate of drug-likeness (QED) is 0.640. The van der Waals surface area contributed by atoms with E-state index in [4.69, 9.17) is 5.26 Å². The third-order valence-electron chi connectivity index (χ3n) is 1.51. The SMILES string of the molecule is N#Cc1cc(C=O)c(F)c(C=O)c1. The van der Waals surface area contributed by atoms with Gasteiger partial charge in [-0.25, -0.2) is 4.39 Å². The third kappa shape index (κ3) is 1.59. The van der Waals surface area contributed by atoms with Crippen LogP contribution in [0, 0.1) is 17.1 Å². The first-order valence-electron chi connectivity index (χ1n) is 3.37. The fourth-order valence-corrected chi connectivity index (χ4v) is 0.906. The Morgan fingerprint density at radius 2 is 1.69 bits per heavy atom. The number of hydrogen-bond acceptors (Lipinski definition) is 3. The van der Waals surface area contributed by atoms with Crippen molar-refractivity contribution in [2.75, 3.05) is 0 Å². The number of carbonyl (C=O) groups is 2. The van der Waals surface area contributed by atoms with Crippen LogP contribution in [0.25, 0.3) is 0 Å². The third-order valence-corrected chi connectivity index (χ3v) is 1.51. The molecule has 0 aliphatic heterocycles. The first-order valence-corrected chi connectivity index (χ1v) is 3.37. The molecule has 0 spiro atoms. The number of nitriles is 1. The van der Waals surface area contributed by atoms with Gasteiger partial charge >= 0.3 is 0 Å². The number of hydrogen-bond donors (Lipinski definition) is 0. The minimum Gasteiger partial charge on any atom is -0.298 e. The molecule has 0 aliphatic rings. The summed E-state index contributed by atoms with van der Waals surface area (Å²) in [5.74, 6) is -0.885. The molecule has 0 N–H and O–H groups in total. The van der Waals surface area contributed by atoms with Crippen LogP contribution in [0.1, 0.15) is 26.3 Å². The van der Waals surface area contributed by atoms with Crippen molar-refractivity contribution in [1.29, 1.82) is 5.26 Å². The standard InChI is InChI=1S/C9H4FNO2/c10-9-7(4-12)1-6(3-11)2-8(9)5-13/h1-2,4-5H. The van der Waals surface area contributed by atoms with E-state index in [1.807, 2.05) is 0 Å². The molecule has 1 aromatic rings. The van der Waals surface area contributed by atoms with Crippen LogP contribution in [0.3, 0.4) is 0 Å². The molecule has 0 heterocycles. The second-order valence-electron chi connectivity index (χ2n) is 2.32. The maximum atomic E-state index is 13.0. The summed E-state index contributed by atoms with van der Waals surface area (Å²) in [6.07, 6.45) is 0.534. The zero-order valence-electron chi connectivity index (χ0n) is 6.45. The van der Waals surface area contributed by atoms with Gasteiger partial charge in [0.25, 0.3) is 0 Å². The van der Waals surface area contributed by atoms with Gasteiger partial charge in [0.15, 0.2) is 12.6 Å². The van der Waals surface area contributed by atoms with E-state index in [0.29, 0.717) is 0 Å². The molecule has 0 aliphatic carbocycles. The topological polar surface area (TPSA) is 57.9 Å². The fraction of sp³-hybridized carbons (Fsp3) is 0. The van der Waals surface area contributed by atoms with Crippen molar-refractivity contribution in [2.45, 2.75) is 0 Å². The fourth-order valence-electron chi connectivity index (χ4n) is 0.906. The molecule has 64 valence electrons. The van der Waals surface area contributed by atoms with Crippen molar-refractivity contribution in [2.24, 2.45) is 0 Å². The van der Waals surface area contributed by atoms with Crippen LogP contribution in [0.15, 0.2) is 12.1 Å². The molecule has 1 aromatic carbocycles. The largest absolute Gasteiger partial charge is 0.298 e. The van der Waals surface area contributed by atoms with Gasteiger partial charge in [0.05, 0.1) is 22.8 Å². The van der Waals surface area contributed by atoms with Crippen molar-refractivity contribution in [1.82, 2.24) is 0 Å². The molecule has 0 saturated heterocycles. The highest BCUT2D eigenvalue weighted by Crippen LogP contribution is 2.12. The molecule has 0 unspecified atom stereocenters. The Balaban J connectivity index is 3.47. The van der Waals surface area contributed by atoms with Crippen LogP contribution in [-0.2, 0) is 0 Å². The molecule has 1 rings (SSSR count). The Labute approximate surface area is 73.4 Å². The average molecular weight is 177 g/mol. The molecule has 0 bridgehead atoms. The summed E-state index contributed by atoms with van der Waals surface area (Å²) >= 11 is 0. The van der Waals surface area contributed by atoms with Gasteiger partial charge < -0.3 is 0 Å². The van der Waals surface area contributed by atoms with Gasteiger partial charge in [-0.05, 0) is 12.1 Å². The molecular weight excluding hydrogens is 173 g/mol. The van der Waals surface area contributed by atoms with Crippen LogP contribution >= 0.6 is 0 Å². The maximum Gasteiger partial charge on any atom is 0.153 e. The van der Waals surface area contributed by atoms with E-state index in [1.165, 1.54) is 0 Å². The van der Waals surface area contributed by atoms with Gasteiger partial charge in [-0.1, -0.05) is 0 Å². The second kappa shape index (κ2) is 3.59.